The quantitative estimate of drug-likeness (QED) is 0.305. The summed E-state index contributed by atoms with van der Waals surface area (Å²) in [5, 5.41) is 17.9. The molecule has 0 aliphatic heterocycles. The van der Waals surface area contributed by atoms with Gasteiger partial charge in [-0.1, -0.05) is 117 Å². The molecule has 4 saturated carbocycles. The van der Waals surface area contributed by atoms with Gasteiger partial charge in [0.2, 0.25) is 0 Å². The molecule has 6 unspecified atom stereocenters. The van der Waals surface area contributed by atoms with Crippen LogP contribution >= 0.6 is 0 Å². The zero-order valence-electron chi connectivity index (χ0n) is 30.6. The molecule has 0 saturated heterocycles. The lowest BCUT2D eigenvalue weighted by Gasteiger charge is -2.51. The fourth-order valence-corrected chi connectivity index (χ4v) is 8.32. The molecule has 4 rings (SSSR count). The van der Waals surface area contributed by atoms with Crippen LogP contribution in [0, 0.1) is 57.2 Å². The lowest BCUT2D eigenvalue weighted by molar-refractivity contribution is -0.0258. The molecule has 0 heterocycles. The van der Waals surface area contributed by atoms with E-state index >= 15 is 0 Å². The Morgan fingerprint density at radius 1 is 0.619 bits per heavy atom. The topological polar surface area (TPSA) is 40.5 Å². The van der Waals surface area contributed by atoms with Crippen LogP contribution in [0.3, 0.4) is 0 Å². The lowest BCUT2D eigenvalue weighted by Crippen LogP contribution is -2.45. The molecule has 0 radical (unpaired) electrons. The van der Waals surface area contributed by atoms with E-state index in [2.05, 4.69) is 116 Å². The van der Waals surface area contributed by atoms with Gasteiger partial charge in [0, 0.05) is 13.2 Å². The fraction of sp³-hybridized carbons (Fsp3) is 0.800. The molecule has 6 atom stereocenters. The van der Waals surface area contributed by atoms with Crippen LogP contribution in [-0.4, -0.2) is 23.4 Å². The highest BCUT2D eigenvalue weighted by Crippen LogP contribution is 2.54. The van der Waals surface area contributed by atoms with Gasteiger partial charge in [-0.3, -0.25) is 0 Å². The molecule has 0 aromatic rings. The van der Waals surface area contributed by atoms with E-state index in [9.17, 15) is 0 Å². The summed E-state index contributed by atoms with van der Waals surface area (Å²) in [6.07, 6.45) is 11.7. The molecule has 0 amide bonds. The second-order valence-electron chi connectivity index (χ2n) is 16.6. The van der Waals surface area contributed by atoms with Crippen LogP contribution in [0.5, 0.6) is 0 Å². The van der Waals surface area contributed by atoms with Crippen LogP contribution in [0.4, 0.5) is 0 Å². The molecule has 4 aliphatic rings. The molecule has 4 fully saturated rings. The normalized spacial score (nSPS) is 32.2. The van der Waals surface area contributed by atoms with Gasteiger partial charge in [0.05, 0.1) is 0 Å². The van der Waals surface area contributed by atoms with E-state index in [4.69, 9.17) is 10.2 Å². The first kappa shape index (κ1) is 38.9. The molecule has 0 bridgehead atoms. The van der Waals surface area contributed by atoms with Crippen LogP contribution in [0.25, 0.3) is 0 Å². The van der Waals surface area contributed by atoms with Crippen molar-refractivity contribution in [1.82, 2.24) is 0 Å². The summed E-state index contributed by atoms with van der Waals surface area (Å²) < 4.78 is 0. The maximum atomic E-state index is 9.00. The summed E-state index contributed by atoms with van der Waals surface area (Å²) in [5.74, 6) is 4.26. The summed E-state index contributed by atoms with van der Waals surface area (Å²) >= 11 is 0. The second kappa shape index (κ2) is 15.2. The van der Waals surface area contributed by atoms with E-state index in [0.29, 0.717) is 41.8 Å². The van der Waals surface area contributed by atoms with Gasteiger partial charge < -0.3 is 10.2 Å². The van der Waals surface area contributed by atoms with Gasteiger partial charge in [0.15, 0.2) is 0 Å². The highest BCUT2D eigenvalue weighted by Gasteiger charge is 2.46. The SMILES string of the molecule is C=CC1CC(CC)C1(C)C.C=CC1CC(CO)C1(C)C.CC(C)=C1CC(CO)C1(C)C.CCC1CC(=C(C)C)C1(C)C. The molecule has 2 nitrogen and oxygen atoms in total. The Balaban J connectivity index is 0.000000280. The smallest absolute Gasteiger partial charge is 0.0470 e. The van der Waals surface area contributed by atoms with Gasteiger partial charge in [-0.2, -0.15) is 0 Å². The molecule has 0 spiro atoms. The Kier molecular flexibility index (Phi) is 14.1. The lowest BCUT2D eigenvalue weighted by atomic mass is 9.54. The number of hydrogen-bond acceptors (Lipinski definition) is 2. The maximum absolute atomic E-state index is 9.00. The van der Waals surface area contributed by atoms with Crippen molar-refractivity contribution in [2.45, 2.75) is 135 Å². The van der Waals surface area contributed by atoms with E-state index in [1.807, 2.05) is 6.08 Å². The summed E-state index contributed by atoms with van der Waals surface area (Å²) in [4.78, 5) is 0. The summed E-state index contributed by atoms with van der Waals surface area (Å²) in [5.41, 5.74) is 7.80. The predicted molar refractivity (Wildman–Crippen MR) is 186 cm³/mol. The predicted octanol–water partition coefficient (Wildman–Crippen LogP) is 11.2. The zero-order valence-corrected chi connectivity index (χ0v) is 30.6. The van der Waals surface area contributed by atoms with Crippen molar-refractivity contribution in [2.75, 3.05) is 13.2 Å². The number of allylic oxidation sites excluding steroid dienone is 6. The fourth-order valence-electron chi connectivity index (χ4n) is 8.32. The second-order valence-corrected chi connectivity index (χ2v) is 16.6. The van der Waals surface area contributed by atoms with Crippen LogP contribution in [-0.2, 0) is 0 Å². The third-order valence-corrected chi connectivity index (χ3v) is 12.8. The van der Waals surface area contributed by atoms with Gasteiger partial charge in [0.25, 0.3) is 0 Å². The van der Waals surface area contributed by atoms with Crippen LogP contribution in [0.15, 0.2) is 47.6 Å². The van der Waals surface area contributed by atoms with E-state index in [-0.39, 0.29) is 10.8 Å². The molecule has 244 valence electrons. The number of hydrogen-bond donors (Lipinski definition) is 2. The van der Waals surface area contributed by atoms with Crippen molar-refractivity contribution in [3.8, 4) is 0 Å². The third-order valence-electron chi connectivity index (χ3n) is 12.8. The number of aliphatic hydroxyl groups is 2. The minimum Gasteiger partial charge on any atom is -0.396 e. The first-order valence-corrected chi connectivity index (χ1v) is 17.1. The Hall–Kier alpha value is -1.12. The molecule has 2 heteroatoms. The summed E-state index contributed by atoms with van der Waals surface area (Å²) in [6.45, 7) is 40.0. The van der Waals surface area contributed by atoms with E-state index in [1.54, 1.807) is 11.1 Å². The highest BCUT2D eigenvalue weighted by molar-refractivity contribution is 5.28. The van der Waals surface area contributed by atoms with E-state index in [1.165, 1.54) is 36.8 Å². The van der Waals surface area contributed by atoms with Crippen molar-refractivity contribution in [3.63, 3.8) is 0 Å². The van der Waals surface area contributed by atoms with Gasteiger partial charge in [0.1, 0.15) is 0 Å². The largest absolute Gasteiger partial charge is 0.396 e. The van der Waals surface area contributed by atoms with Crippen LogP contribution in [0.2, 0.25) is 0 Å². The highest BCUT2D eigenvalue weighted by atomic mass is 16.3. The standard InChI is InChI=1S/C11H20.C10H18O.C10H18.C9H16O/c1-6-9-7-10(8(2)3)11(9,4)5;1-7(2)9-5-8(6-11)10(9,3)4;1-5-8-7-9(6-2)10(8,3)4;1-4-7-5-8(6-10)9(7,2)3/h9H,6-7H2,1-5H3;8,11H,5-6H2,1-4H3;5,8-9H,1,6-7H2,2-4H3;4,7-8,10H,1,5-6H2,2-3H3. The first-order valence-electron chi connectivity index (χ1n) is 17.1. The van der Waals surface area contributed by atoms with Crippen LogP contribution < -0.4 is 0 Å². The van der Waals surface area contributed by atoms with Gasteiger partial charge >= 0.3 is 0 Å². The Bertz CT molecular complexity index is 870. The first-order chi connectivity index (χ1) is 19.2. The average Bonchev–Trinajstić information content (AvgIpc) is 2.88. The minimum atomic E-state index is 0.258. The summed E-state index contributed by atoms with van der Waals surface area (Å²) in [6, 6.07) is 0. The maximum Gasteiger partial charge on any atom is 0.0470 e. The Morgan fingerprint density at radius 2 is 0.952 bits per heavy atom. The summed E-state index contributed by atoms with van der Waals surface area (Å²) in [7, 11) is 0. The average molecular weight is 585 g/mol. The molecule has 42 heavy (non-hydrogen) atoms. The molecule has 4 aliphatic carbocycles. The molecular weight excluding hydrogens is 512 g/mol. The van der Waals surface area contributed by atoms with Crippen LogP contribution in [0.1, 0.15) is 135 Å². The monoisotopic (exact) mass is 585 g/mol. The molecule has 0 aromatic carbocycles. The molecule has 0 aromatic heterocycles. The number of aliphatic hydroxyl groups excluding tert-OH is 2. The van der Waals surface area contributed by atoms with E-state index < -0.39 is 0 Å². The van der Waals surface area contributed by atoms with Crippen molar-refractivity contribution in [3.05, 3.63) is 47.6 Å². The number of rotatable bonds is 6. The van der Waals surface area contributed by atoms with Gasteiger partial charge in [-0.05, 0) is 111 Å². The van der Waals surface area contributed by atoms with Crippen molar-refractivity contribution < 1.29 is 10.2 Å². The van der Waals surface area contributed by atoms with Crippen molar-refractivity contribution >= 4 is 0 Å². The van der Waals surface area contributed by atoms with Crippen molar-refractivity contribution in [1.29, 1.82) is 0 Å². The Morgan fingerprint density at radius 3 is 1.19 bits per heavy atom. The minimum absolute atomic E-state index is 0.258. The molecular formula is C40H72O2. The Labute approximate surface area is 263 Å². The zero-order chi connectivity index (χ0) is 32.8. The van der Waals surface area contributed by atoms with E-state index in [0.717, 1.165) is 30.6 Å². The van der Waals surface area contributed by atoms with Crippen molar-refractivity contribution in [2.24, 2.45) is 57.2 Å². The third kappa shape index (κ3) is 8.12. The van der Waals surface area contributed by atoms with Gasteiger partial charge in [-0.25, -0.2) is 0 Å². The van der Waals surface area contributed by atoms with Gasteiger partial charge in [-0.15, -0.1) is 13.2 Å². The molecule has 2 N–H and O–H groups in total.